The summed E-state index contributed by atoms with van der Waals surface area (Å²) in [6.07, 6.45) is 5.01. The number of hydrogen-bond acceptors (Lipinski definition) is 5. The van der Waals surface area contributed by atoms with Crippen molar-refractivity contribution in [3.8, 4) is 0 Å². The second kappa shape index (κ2) is 6.75. The van der Waals surface area contributed by atoms with Gasteiger partial charge < -0.3 is 19.7 Å². The Hall–Kier alpha value is -0.650. The van der Waals surface area contributed by atoms with Gasteiger partial charge in [0.25, 0.3) is 0 Å². The Balaban J connectivity index is 1.41. The normalized spacial score (nSPS) is 46.5. The van der Waals surface area contributed by atoms with E-state index in [4.69, 9.17) is 9.47 Å². The van der Waals surface area contributed by atoms with E-state index in [0.717, 1.165) is 39.1 Å². The number of carbonyl (C=O) groups excluding carboxylic acids is 1. The van der Waals surface area contributed by atoms with Gasteiger partial charge in [0.1, 0.15) is 11.7 Å². The van der Waals surface area contributed by atoms with Gasteiger partial charge in [0.05, 0.1) is 12.0 Å². The molecule has 1 spiro atoms. The fraction of sp³-hybridized carbons (Fsp3) is 0.952. The van der Waals surface area contributed by atoms with Gasteiger partial charge in [-0.15, -0.1) is 0 Å². The molecule has 7 atom stereocenters. The largest absolute Gasteiger partial charge is 0.462 e. The zero-order valence-corrected chi connectivity index (χ0v) is 16.9. The molecule has 4 aliphatic rings. The maximum Gasteiger partial charge on any atom is 0.311 e. The lowest BCUT2D eigenvalue weighted by atomic mass is 9.53. The van der Waals surface area contributed by atoms with Crippen LogP contribution in [0.4, 0.5) is 0 Å². The van der Waals surface area contributed by atoms with E-state index in [9.17, 15) is 4.79 Å². The predicted molar refractivity (Wildman–Crippen MR) is 101 cm³/mol. The van der Waals surface area contributed by atoms with E-state index in [2.05, 4.69) is 37.9 Å². The van der Waals surface area contributed by atoms with Gasteiger partial charge >= 0.3 is 5.97 Å². The lowest BCUT2D eigenvalue weighted by Gasteiger charge is -2.48. The molecule has 1 N–H and O–H groups in total. The zero-order chi connectivity index (χ0) is 18.5. The first-order valence-corrected chi connectivity index (χ1v) is 10.8. The van der Waals surface area contributed by atoms with Crippen LogP contribution in [0.2, 0.25) is 0 Å². The van der Waals surface area contributed by atoms with Crippen LogP contribution in [0.15, 0.2) is 0 Å². The molecule has 0 aromatic heterocycles. The Kier molecular flexibility index (Phi) is 4.85. The minimum Gasteiger partial charge on any atom is -0.462 e. The maximum atomic E-state index is 12.6. The quantitative estimate of drug-likeness (QED) is 0.427. The van der Waals surface area contributed by atoms with Crippen LogP contribution in [-0.2, 0) is 14.3 Å². The lowest BCUT2D eigenvalue weighted by Crippen LogP contribution is -2.54. The van der Waals surface area contributed by atoms with Gasteiger partial charge in [0.2, 0.25) is 0 Å². The molecule has 5 nitrogen and oxygen atoms in total. The third-order valence-corrected chi connectivity index (χ3v) is 8.06. The fourth-order valence-electron chi connectivity index (χ4n) is 6.50. The van der Waals surface area contributed by atoms with E-state index >= 15 is 0 Å². The van der Waals surface area contributed by atoms with Crippen molar-refractivity contribution in [1.29, 1.82) is 0 Å². The average molecular weight is 365 g/mol. The molecule has 2 saturated heterocycles. The molecular formula is C21H36N2O3. The standard InChI is InChI=1S/C21H36N2O3/c1-5-23(6-2)11-10-22-13-15-17-16(25-19(15)24)12-20(4)9-7-8-14(3)21(20)18(17)26-21/h14-18,22H,5-13H2,1-4H3/t14-,15+,16+,17-,18+,20+,21+/m1/s1. The summed E-state index contributed by atoms with van der Waals surface area (Å²) in [5.41, 5.74) is 0.196. The molecule has 2 aliphatic heterocycles. The Morgan fingerprint density at radius 1 is 1.31 bits per heavy atom. The van der Waals surface area contributed by atoms with Gasteiger partial charge in [-0.2, -0.15) is 0 Å². The Labute approximate surface area is 158 Å². The Morgan fingerprint density at radius 2 is 2.08 bits per heavy atom. The number of likely N-dealkylation sites (N-methyl/N-ethyl adjacent to an activating group) is 1. The van der Waals surface area contributed by atoms with E-state index < -0.39 is 0 Å². The summed E-state index contributed by atoms with van der Waals surface area (Å²) in [6, 6.07) is 0. The van der Waals surface area contributed by atoms with E-state index in [0.29, 0.717) is 5.92 Å². The predicted octanol–water partition coefficient (Wildman–Crippen LogP) is 2.44. The minimum atomic E-state index is -0.0419. The smallest absolute Gasteiger partial charge is 0.311 e. The summed E-state index contributed by atoms with van der Waals surface area (Å²) in [5, 5.41) is 3.52. The number of esters is 1. The van der Waals surface area contributed by atoms with Crippen molar-refractivity contribution in [3.05, 3.63) is 0 Å². The molecule has 0 aromatic carbocycles. The van der Waals surface area contributed by atoms with Crippen LogP contribution in [-0.4, -0.2) is 61.4 Å². The molecule has 0 radical (unpaired) electrons. The number of nitrogens with zero attached hydrogens (tertiary/aromatic N) is 1. The van der Waals surface area contributed by atoms with E-state index in [-0.39, 0.29) is 41.0 Å². The topological polar surface area (TPSA) is 54.1 Å². The molecule has 5 heteroatoms. The van der Waals surface area contributed by atoms with E-state index in [1.807, 2.05) is 0 Å². The van der Waals surface area contributed by atoms with Crippen LogP contribution in [0.3, 0.4) is 0 Å². The van der Waals surface area contributed by atoms with Crippen molar-refractivity contribution >= 4 is 5.97 Å². The molecular weight excluding hydrogens is 328 g/mol. The first-order chi connectivity index (χ1) is 12.5. The highest BCUT2D eigenvalue weighted by Gasteiger charge is 2.78. The number of fused-ring (bicyclic) bond motifs is 2. The van der Waals surface area contributed by atoms with E-state index in [1.54, 1.807) is 0 Å². The van der Waals surface area contributed by atoms with Crippen molar-refractivity contribution in [2.24, 2.45) is 23.2 Å². The fourth-order valence-corrected chi connectivity index (χ4v) is 6.50. The van der Waals surface area contributed by atoms with Gasteiger partial charge in [-0.1, -0.05) is 34.1 Å². The third-order valence-electron chi connectivity index (χ3n) is 8.06. The summed E-state index contributed by atoms with van der Waals surface area (Å²) in [4.78, 5) is 15.0. The molecule has 4 fully saturated rings. The summed E-state index contributed by atoms with van der Waals surface area (Å²) in [7, 11) is 0. The van der Waals surface area contributed by atoms with Gasteiger partial charge in [0, 0.05) is 31.0 Å². The third kappa shape index (κ3) is 2.65. The average Bonchev–Trinajstić information content (AvgIpc) is 3.29. The number of epoxide rings is 1. The van der Waals surface area contributed by atoms with Crippen molar-refractivity contribution in [2.75, 3.05) is 32.7 Å². The molecule has 0 aromatic rings. The van der Waals surface area contributed by atoms with Crippen molar-refractivity contribution in [2.45, 2.75) is 71.2 Å². The van der Waals surface area contributed by atoms with E-state index in [1.165, 1.54) is 19.3 Å². The van der Waals surface area contributed by atoms with Crippen molar-refractivity contribution < 1.29 is 14.3 Å². The molecule has 26 heavy (non-hydrogen) atoms. The first kappa shape index (κ1) is 18.7. The van der Waals surface area contributed by atoms with Crippen LogP contribution in [0.1, 0.15) is 53.4 Å². The second-order valence-corrected chi connectivity index (χ2v) is 9.28. The number of hydrogen-bond donors (Lipinski definition) is 1. The van der Waals surface area contributed by atoms with Crippen LogP contribution >= 0.6 is 0 Å². The first-order valence-electron chi connectivity index (χ1n) is 10.8. The Bertz CT molecular complexity index is 551. The van der Waals surface area contributed by atoms with Gasteiger partial charge in [-0.3, -0.25) is 4.79 Å². The SMILES string of the molecule is CCN(CC)CCNC[C@@H]1C(=O)O[C@H]2C[C@]3(C)CCC[C@@H](C)[C@@]34O[C@H]4[C@@H]21. The van der Waals surface area contributed by atoms with Crippen LogP contribution in [0.25, 0.3) is 0 Å². The monoisotopic (exact) mass is 364 g/mol. The molecule has 4 rings (SSSR count). The molecule has 0 bridgehead atoms. The summed E-state index contributed by atoms with van der Waals surface area (Å²) in [6.45, 7) is 13.9. The van der Waals surface area contributed by atoms with Crippen LogP contribution in [0.5, 0.6) is 0 Å². The Morgan fingerprint density at radius 3 is 2.81 bits per heavy atom. The summed E-state index contributed by atoms with van der Waals surface area (Å²) in [5.74, 6) is 0.798. The van der Waals surface area contributed by atoms with Gasteiger partial charge in [-0.05, 0) is 38.3 Å². The lowest BCUT2D eigenvalue weighted by molar-refractivity contribution is -0.146. The highest BCUT2D eigenvalue weighted by molar-refractivity contribution is 5.76. The van der Waals surface area contributed by atoms with Crippen molar-refractivity contribution in [1.82, 2.24) is 10.2 Å². The van der Waals surface area contributed by atoms with Crippen LogP contribution < -0.4 is 5.32 Å². The van der Waals surface area contributed by atoms with Gasteiger partial charge in [0.15, 0.2) is 0 Å². The molecule has 2 aliphatic carbocycles. The number of ether oxygens (including phenoxy) is 2. The second-order valence-electron chi connectivity index (χ2n) is 9.28. The zero-order valence-electron chi connectivity index (χ0n) is 16.9. The minimum absolute atomic E-state index is 0.00381. The van der Waals surface area contributed by atoms with Gasteiger partial charge in [-0.25, -0.2) is 0 Å². The molecule has 148 valence electrons. The molecule has 2 saturated carbocycles. The highest BCUT2D eigenvalue weighted by Crippen LogP contribution is 2.70. The number of nitrogens with one attached hydrogen (secondary N) is 1. The van der Waals surface area contributed by atoms with Crippen molar-refractivity contribution in [3.63, 3.8) is 0 Å². The summed E-state index contributed by atoms with van der Waals surface area (Å²) >= 11 is 0. The number of rotatable bonds is 7. The number of carbonyl (C=O) groups is 1. The maximum absolute atomic E-state index is 12.6. The van der Waals surface area contributed by atoms with Crippen LogP contribution in [0, 0.1) is 23.2 Å². The molecule has 0 amide bonds. The highest BCUT2D eigenvalue weighted by atomic mass is 16.6. The molecule has 0 unspecified atom stereocenters. The summed E-state index contributed by atoms with van der Waals surface area (Å²) < 4.78 is 12.4. The molecule has 2 heterocycles.